The van der Waals surface area contributed by atoms with Gasteiger partial charge in [-0.2, -0.15) is 10.2 Å². The lowest BCUT2D eigenvalue weighted by molar-refractivity contribution is -0.0536. The first-order valence-electron chi connectivity index (χ1n) is 30.8. The predicted octanol–water partition coefficient (Wildman–Crippen LogP) is 11.7. The summed E-state index contributed by atoms with van der Waals surface area (Å²) >= 11 is 0. The number of rotatable bonds is 18. The molecule has 8 atom stereocenters. The van der Waals surface area contributed by atoms with Gasteiger partial charge in [0, 0.05) is 86.0 Å². The molecule has 2 aromatic heterocycles. The monoisotopic (exact) mass is 1080 g/mol. The van der Waals surface area contributed by atoms with E-state index in [4.69, 9.17) is 29.1 Å². The van der Waals surface area contributed by atoms with E-state index in [0.29, 0.717) is 61.9 Å². The molecule has 1 saturated heterocycles. The predicted molar refractivity (Wildman–Crippen MR) is 321 cm³/mol. The summed E-state index contributed by atoms with van der Waals surface area (Å²) in [4.78, 5) is 10.1. The van der Waals surface area contributed by atoms with Crippen molar-refractivity contribution in [2.24, 2.45) is 23.7 Å². The molecule has 4 aromatic rings. The number of hydrogen-bond donors (Lipinski definition) is 0. The quantitative estimate of drug-likeness (QED) is 0.0960. The van der Waals surface area contributed by atoms with Crippen molar-refractivity contribution in [1.82, 2.24) is 39.2 Å². The van der Waals surface area contributed by atoms with Gasteiger partial charge in [-0.1, -0.05) is 104 Å². The lowest BCUT2D eigenvalue weighted by Gasteiger charge is -2.37. The van der Waals surface area contributed by atoms with Crippen LogP contribution >= 0.6 is 0 Å². The van der Waals surface area contributed by atoms with Gasteiger partial charge in [0.15, 0.2) is 0 Å². The van der Waals surface area contributed by atoms with Crippen molar-refractivity contribution >= 4 is 0 Å². The molecule has 0 amide bonds. The summed E-state index contributed by atoms with van der Waals surface area (Å²) < 4.78 is 32.7. The molecule has 12 heteroatoms. The number of likely N-dealkylation sites (N-methyl/N-ethyl adjacent to an activating group) is 4. The molecule has 7 rings (SSSR count). The lowest BCUT2D eigenvalue weighted by atomic mass is 10.0. The average Bonchev–Trinajstić information content (AvgIpc) is 4.33. The summed E-state index contributed by atoms with van der Waals surface area (Å²) in [6.45, 7) is 30.9. The van der Waals surface area contributed by atoms with E-state index in [0.717, 1.165) is 77.8 Å². The Hall–Kier alpha value is -3.46. The highest BCUT2D eigenvalue weighted by molar-refractivity contribution is 5.26. The fraction of sp³-hybridized carbons (Fsp3) is 0.727. The van der Waals surface area contributed by atoms with E-state index in [9.17, 15) is 0 Å². The van der Waals surface area contributed by atoms with Crippen molar-refractivity contribution in [1.29, 1.82) is 0 Å². The normalized spacial score (nSPS) is 26.6. The van der Waals surface area contributed by atoms with Gasteiger partial charge in [0.25, 0.3) is 0 Å². The van der Waals surface area contributed by atoms with Crippen molar-refractivity contribution in [3.63, 3.8) is 0 Å². The van der Waals surface area contributed by atoms with Crippen LogP contribution in [0.1, 0.15) is 166 Å². The first-order chi connectivity index (χ1) is 37.3. The molecule has 2 saturated carbocycles. The Morgan fingerprint density at radius 3 is 1.01 bits per heavy atom. The number of hydrogen-bond acceptors (Lipinski definition) is 10. The van der Waals surface area contributed by atoms with Crippen molar-refractivity contribution in [3.8, 4) is 0 Å². The highest BCUT2D eigenvalue weighted by Crippen LogP contribution is 2.41. The maximum Gasteiger partial charge on any atom is 0.0743 e. The molecular formula is C66H108N8O4. The van der Waals surface area contributed by atoms with Crippen LogP contribution in [0.15, 0.2) is 73.1 Å². The van der Waals surface area contributed by atoms with Gasteiger partial charge in [0.05, 0.1) is 63.9 Å². The van der Waals surface area contributed by atoms with E-state index in [1.165, 1.54) is 59.3 Å². The summed E-state index contributed by atoms with van der Waals surface area (Å²) in [6, 6.07) is 23.9. The Bertz CT molecular complexity index is 2110. The van der Waals surface area contributed by atoms with Crippen LogP contribution in [0, 0.1) is 23.7 Å². The Kier molecular flexibility index (Phi) is 24.3. The summed E-state index contributed by atoms with van der Waals surface area (Å²) in [7, 11) is 9.16. The lowest BCUT2D eigenvalue weighted by Crippen LogP contribution is -2.47. The largest absolute Gasteiger partial charge is 0.376 e. The van der Waals surface area contributed by atoms with E-state index < -0.39 is 0 Å². The molecule has 1 aliphatic heterocycles. The molecule has 12 nitrogen and oxygen atoms in total. The van der Waals surface area contributed by atoms with E-state index in [-0.39, 0.29) is 48.6 Å². The third-order valence-electron chi connectivity index (χ3n) is 16.9. The fourth-order valence-corrected chi connectivity index (χ4v) is 12.1. The molecular weight excluding hydrogens is 969 g/mol. The van der Waals surface area contributed by atoms with Gasteiger partial charge < -0.3 is 18.9 Å². The Morgan fingerprint density at radius 2 is 0.705 bits per heavy atom. The van der Waals surface area contributed by atoms with Gasteiger partial charge in [0.1, 0.15) is 0 Å². The number of nitrogens with zero attached hydrogens (tertiary/aromatic N) is 8. The molecule has 2 aliphatic carbocycles. The smallest absolute Gasteiger partial charge is 0.0743 e. The zero-order valence-corrected chi connectivity index (χ0v) is 51.4. The Labute approximate surface area is 474 Å². The topological polar surface area (TPSA) is 85.5 Å². The average molecular weight is 1080 g/mol. The number of ether oxygens (including phenoxy) is 4. The van der Waals surface area contributed by atoms with Crippen LogP contribution in [0.3, 0.4) is 0 Å². The van der Waals surface area contributed by atoms with E-state index in [1.807, 2.05) is 12.4 Å². The van der Waals surface area contributed by atoms with Gasteiger partial charge in [-0.3, -0.25) is 29.0 Å². The second kappa shape index (κ2) is 30.6. The highest BCUT2D eigenvalue weighted by Gasteiger charge is 2.31. The molecule has 0 spiro atoms. The Morgan fingerprint density at radius 1 is 0.410 bits per heavy atom. The Balaban J connectivity index is 1.10. The van der Waals surface area contributed by atoms with Crippen LogP contribution in [0.25, 0.3) is 0 Å². The summed E-state index contributed by atoms with van der Waals surface area (Å²) in [5.74, 6) is 3.47. The molecule has 0 radical (unpaired) electrons. The SMILES string of the molecule is CC(C)C[C@H]1CO[C@H](C)CN(C)[C@@H](CC(C)C)CO[C@H](Cc2ccc(Cn3nccc3C3CC3)cc2)CN(C)[C@@H](CC(C)C)CO[C@H](C)CN(C)[C@@H](CC(C)C)CO[C@H](Cc2ccc(Cn3nccc3C3CC3)cc2)CN1C. The summed E-state index contributed by atoms with van der Waals surface area (Å²) in [5.41, 5.74) is 7.94. The van der Waals surface area contributed by atoms with Gasteiger partial charge in [-0.25, -0.2) is 0 Å². The third-order valence-corrected chi connectivity index (χ3v) is 16.9. The van der Waals surface area contributed by atoms with Crippen molar-refractivity contribution in [3.05, 3.63) is 107 Å². The zero-order chi connectivity index (χ0) is 55.9. The summed E-state index contributed by atoms with van der Waals surface area (Å²) in [5, 5.41) is 9.39. The van der Waals surface area contributed by atoms with E-state index in [2.05, 4.69) is 187 Å². The van der Waals surface area contributed by atoms with Gasteiger partial charge in [-0.15, -0.1) is 0 Å². The molecule has 78 heavy (non-hydrogen) atoms. The number of aromatic nitrogens is 4. The second-order valence-electron chi connectivity index (χ2n) is 26.5. The van der Waals surface area contributed by atoms with E-state index in [1.54, 1.807) is 0 Å². The van der Waals surface area contributed by atoms with Gasteiger partial charge in [-0.05, 0) is 164 Å². The van der Waals surface area contributed by atoms with Crippen molar-refractivity contribution in [2.45, 2.75) is 207 Å². The molecule has 0 N–H and O–H groups in total. The van der Waals surface area contributed by atoms with Crippen molar-refractivity contribution < 1.29 is 18.9 Å². The standard InChI is InChI=1S/C66H108N8O4/c1-47(2)31-59-43-75-51(9)37-69(11)62(34-50(7)8)46-78-64(36-54-17-21-56(22-18-54)40-74-66(28-30-68-74)58-25-26-58)42-72(14)60(32-48(3)4)44-76-52(10)38-70(12)61(33-49(5)6)45-77-63(41-71(59)13)35-53-15-19-55(20-16-53)39-73-65(27-29-67-73)57-23-24-57/h15-22,27-30,47-52,57-64H,23-26,31-46H2,1-14H3/t51-,52-,59+,60+,61+,62+,63-,64-/m1/s1. The minimum atomic E-state index is 0.00836. The van der Waals surface area contributed by atoms with Crippen LogP contribution in [0.4, 0.5) is 0 Å². The number of benzene rings is 2. The minimum absolute atomic E-state index is 0.00836. The summed E-state index contributed by atoms with van der Waals surface area (Å²) in [6.07, 6.45) is 15.1. The first kappa shape index (κ1) is 62.1. The van der Waals surface area contributed by atoms with Crippen LogP contribution in [-0.2, 0) is 44.9 Å². The van der Waals surface area contributed by atoms with Gasteiger partial charge >= 0.3 is 0 Å². The molecule has 2 aromatic carbocycles. The molecule has 0 bridgehead atoms. The molecule has 3 heterocycles. The first-order valence-corrected chi connectivity index (χ1v) is 30.8. The fourth-order valence-electron chi connectivity index (χ4n) is 12.1. The second-order valence-corrected chi connectivity index (χ2v) is 26.5. The van der Waals surface area contributed by atoms with Crippen molar-refractivity contribution in [2.75, 3.05) is 80.8 Å². The molecule has 0 unspecified atom stereocenters. The maximum atomic E-state index is 7.23. The maximum absolute atomic E-state index is 7.23. The van der Waals surface area contributed by atoms with Gasteiger partial charge in [0.2, 0.25) is 0 Å². The van der Waals surface area contributed by atoms with Crippen LogP contribution in [0.2, 0.25) is 0 Å². The van der Waals surface area contributed by atoms with Crippen LogP contribution in [-0.4, -0.2) is 169 Å². The molecule has 436 valence electrons. The third kappa shape index (κ3) is 20.5. The van der Waals surface area contributed by atoms with Crippen LogP contribution < -0.4 is 0 Å². The zero-order valence-electron chi connectivity index (χ0n) is 51.4. The minimum Gasteiger partial charge on any atom is -0.376 e. The molecule has 3 fully saturated rings. The van der Waals surface area contributed by atoms with Crippen LogP contribution in [0.5, 0.6) is 0 Å². The van der Waals surface area contributed by atoms with E-state index >= 15 is 0 Å². The highest BCUT2D eigenvalue weighted by atomic mass is 16.5. The molecule has 3 aliphatic rings.